The first-order valence-corrected chi connectivity index (χ1v) is 25.5. The molecule has 4 nitrogen and oxygen atoms in total. The van der Waals surface area contributed by atoms with Crippen LogP contribution in [0.5, 0.6) is 0 Å². The first kappa shape index (κ1) is 32.9. The molecule has 0 amide bonds. The Morgan fingerprint density at radius 3 is 1.97 bits per heavy atom. The first-order valence-electron chi connectivity index (χ1n) is 14.5. The van der Waals surface area contributed by atoms with E-state index in [9.17, 15) is 0 Å². The van der Waals surface area contributed by atoms with E-state index in [2.05, 4.69) is 54.6 Å². The summed E-state index contributed by atoms with van der Waals surface area (Å²) in [6.07, 6.45) is 11.4. The van der Waals surface area contributed by atoms with Gasteiger partial charge < -0.3 is 0 Å². The minimum atomic E-state index is -2.18. The normalized spacial score (nSPS) is 21.1. The number of methoxy groups -OCH3 is 1. The standard InChI is InChI=1S/C16H33O4Si.3C4H9.Sn/c1-8-15(17-5)20-13-10-9-11-18-14(13)12-19-21(6,7)16(2,3)4;3*1-3-4-2;/h13-15H,1,8-12H2,2-7H3;3*1,3-4H2,2H3;/t13-,14+,15?;;;;/m0..../s1. The third-order valence-electron chi connectivity index (χ3n) is 8.48. The molecule has 0 aromatic carbocycles. The van der Waals surface area contributed by atoms with Crippen LogP contribution in [0.4, 0.5) is 0 Å². The molecule has 34 heavy (non-hydrogen) atoms. The van der Waals surface area contributed by atoms with E-state index in [1.54, 1.807) is 13.3 Å². The topological polar surface area (TPSA) is 36.9 Å². The average Bonchev–Trinajstić information content (AvgIpc) is 2.80. The Labute approximate surface area is 218 Å². The fraction of sp³-hybridized carbons (Fsp3) is 1.00. The molecule has 1 aliphatic rings. The third kappa shape index (κ3) is 11.5. The molecule has 0 spiro atoms. The Hall–Kier alpha value is 0.856. The Morgan fingerprint density at radius 1 is 0.941 bits per heavy atom. The molecule has 0 aliphatic carbocycles. The molecule has 1 aliphatic heterocycles. The third-order valence-corrected chi connectivity index (χ3v) is 28.9. The fourth-order valence-electron chi connectivity index (χ4n) is 4.90. The molecule has 1 saturated heterocycles. The van der Waals surface area contributed by atoms with E-state index in [-0.39, 0.29) is 23.5 Å². The zero-order valence-corrected chi connectivity index (χ0v) is 28.3. The summed E-state index contributed by atoms with van der Waals surface area (Å²) < 4.78 is 31.3. The van der Waals surface area contributed by atoms with Crippen LogP contribution in [0.3, 0.4) is 0 Å². The first-order chi connectivity index (χ1) is 16.0. The van der Waals surface area contributed by atoms with E-state index < -0.39 is 26.7 Å². The van der Waals surface area contributed by atoms with E-state index in [1.165, 1.54) is 43.0 Å². The van der Waals surface area contributed by atoms with Gasteiger partial charge in [0.15, 0.2) is 0 Å². The van der Waals surface area contributed by atoms with Crippen molar-refractivity contribution in [3.05, 3.63) is 0 Å². The van der Waals surface area contributed by atoms with E-state index in [4.69, 9.17) is 18.6 Å². The van der Waals surface area contributed by atoms with Gasteiger partial charge in [-0.15, -0.1) is 0 Å². The molecular formula is C28H60O4SiSn. The van der Waals surface area contributed by atoms with Crippen molar-refractivity contribution in [2.75, 3.05) is 20.3 Å². The average molecular weight is 608 g/mol. The van der Waals surface area contributed by atoms with Gasteiger partial charge in [0, 0.05) is 0 Å². The summed E-state index contributed by atoms with van der Waals surface area (Å²) in [6, 6.07) is 0. The van der Waals surface area contributed by atoms with E-state index in [0.717, 1.165) is 25.9 Å². The molecule has 204 valence electrons. The van der Waals surface area contributed by atoms with Crippen LogP contribution in [0.1, 0.15) is 99.3 Å². The second-order valence-corrected chi connectivity index (χ2v) is 31.4. The summed E-state index contributed by atoms with van der Waals surface area (Å²) in [7, 11) is 0.0263. The Bertz CT molecular complexity index is 501. The molecule has 1 rings (SSSR count). The molecule has 0 bridgehead atoms. The summed E-state index contributed by atoms with van der Waals surface area (Å²) in [5.74, 6) is 0. The number of hydrogen-bond donors (Lipinski definition) is 0. The quantitative estimate of drug-likeness (QED) is 0.115. The summed E-state index contributed by atoms with van der Waals surface area (Å²) in [5, 5.41) is 0.207. The Balaban J connectivity index is 2.80. The summed E-state index contributed by atoms with van der Waals surface area (Å²) in [5.41, 5.74) is 0. The molecule has 0 saturated carbocycles. The summed E-state index contributed by atoms with van der Waals surface area (Å²) in [4.78, 5) is 0. The fourth-order valence-corrected chi connectivity index (χ4v) is 22.1. The molecule has 6 heteroatoms. The van der Waals surface area contributed by atoms with Gasteiger partial charge in [-0.2, -0.15) is 0 Å². The second-order valence-electron chi connectivity index (χ2n) is 12.3. The van der Waals surface area contributed by atoms with Gasteiger partial charge in [0.2, 0.25) is 0 Å². The maximum absolute atomic E-state index is 6.63. The van der Waals surface area contributed by atoms with Crippen LogP contribution in [0.15, 0.2) is 0 Å². The van der Waals surface area contributed by atoms with Gasteiger partial charge in [-0.3, -0.25) is 0 Å². The van der Waals surface area contributed by atoms with Crippen LogP contribution in [0.25, 0.3) is 0 Å². The monoisotopic (exact) mass is 608 g/mol. The predicted octanol–water partition coefficient (Wildman–Crippen LogP) is 8.78. The number of hydrogen-bond acceptors (Lipinski definition) is 4. The van der Waals surface area contributed by atoms with Gasteiger partial charge in [0.1, 0.15) is 0 Å². The van der Waals surface area contributed by atoms with Crippen molar-refractivity contribution < 1.29 is 18.6 Å². The minimum absolute atomic E-state index is 0.0223. The number of unbranched alkanes of at least 4 members (excludes halogenated alkanes) is 3. The van der Waals surface area contributed by atoms with E-state index in [1.807, 2.05) is 7.11 Å². The van der Waals surface area contributed by atoms with Crippen LogP contribution in [0.2, 0.25) is 35.9 Å². The van der Waals surface area contributed by atoms with E-state index >= 15 is 0 Å². The molecule has 1 heterocycles. The SMILES string of the molecule is CCC[CH2][Sn]([CH2]CCC)([CH2]CCC)[CH2]CC(OC)O[C@H]1CCCO[C@@H]1CO[Si](C)(C)C(C)(C)C. The maximum atomic E-state index is 6.63. The molecule has 0 aromatic rings. The van der Waals surface area contributed by atoms with Gasteiger partial charge in [-0.25, -0.2) is 0 Å². The zero-order chi connectivity index (χ0) is 25.7. The van der Waals surface area contributed by atoms with Crippen molar-refractivity contribution in [3.8, 4) is 0 Å². The van der Waals surface area contributed by atoms with Gasteiger partial charge >= 0.3 is 219 Å². The number of ether oxygens (including phenoxy) is 3. The van der Waals surface area contributed by atoms with Gasteiger partial charge in [-0.05, 0) is 0 Å². The Morgan fingerprint density at radius 2 is 1.50 bits per heavy atom. The second kappa shape index (κ2) is 16.6. The molecule has 0 radical (unpaired) electrons. The molecule has 1 fully saturated rings. The molecular weight excluding hydrogens is 547 g/mol. The van der Waals surface area contributed by atoms with Gasteiger partial charge in [0.25, 0.3) is 0 Å². The molecule has 1 unspecified atom stereocenters. The Kier molecular flexibility index (Phi) is 16.1. The van der Waals surface area contributed by atoms with Crippen LogP contribution in [-0.2, 0) is 18.6 Å². The van der Waals surface area contributed by atoms with Crippen LogP contribution in [0, 0.1) is 0 Å². The van der Waals surface area contributed by atoms with Crippen LogP contribution >= 0.6 is 0 Å². The molecule has 0 aromatic heterocycles. The molecule has 3 atom stereocenters. The summed E-state index contributed by atoms with van der Waals surface area (Å²) in [6.45, 7) is 20.0. The molecule has 0 N–H and O–H groups in total. The van der Waals surface area contributed by atoms with E-state index in [0.29, 0.717) is 6.61 Å². The van der Waals surface area contributed by atoms with Gasteiger partial charge in [-0.1, -0.05) is 0 Å². The van der Waals surface area contributed by atoms with Gasteiger partial charge in [0.05, 0.1) is 0 Å². The van der Waals surface area contributed by atoms with Crippen molar-refractivity contribution in [1.82, 2.24) is 0 Å². The number of rotatable bonds is 18. The zero-order valence-electron chi connectivity index (χ0n) is 24.5. The van der Waals surface area contributed by atoms with Crippen molar-refractivity contribution in [2.24, 2.45) is 0 Å². The van der Waals surface area contributed by atoms with Crippen LogP contribution < -0.4 is 0 Å². The predicted molar refractivity (Wildman–Crippen MR) is 152 cm³/mol. The van der Waals surface area contributed by atoms with Crippen molar-refractivity contribution in [1.29, 1.82) is 0 Å². The van der Waals surface area contributed by atoms with Crippen molar-refractivity contribution in [3.63, 3.8) is 0 Å². The van der Waals surface area contributed by atoms with Crippen molar-refractivity contribution in [2.45, 2.75) is 154 Å². The van der Waals surface area contributed by atoms with Crippen molar-refractivity contribution >= 4 is 26.7 Å². The summed E-state index contributed by atoms with van der Waals surface area (Å²) >= 11 is -2.18. The van der Waals surface area contributed by atoms with Crippen LogP contribution in [-0.4, -0.2) is 65.5 Å².